The summed E-state index contributed by atoms with van der Waals surface area (Å²) in [4.78, 5) is 16.1. The molecule has 0 saturated carbocycles. The average molecular weight is 350 g/mol. The fourth-order valence-corrected chi connectivity index (χ4v) is 3.10. The number of benzene rings is 2. The van der Waals surface area contributed by atoms with Crippen molar-refractivity contribution in [2.45, 2.75) is 13.8 Å². The zero-order valence-corrected chi connectivity index (χ0v) is 14.8. The average Bonchev–Trinajstić information content (AvgIpc) is 2.98. The van der Waals surface area contributed by atoms with Crippen molar-refractivity contribution in [1.82, 2.24) is 4.98 Å². The minimum atomic E-state index is -0.128. The van der Waals surface area contributed by atoms with Crippen molar-refractivity contribution < 1.29 is 4.79 Å². The van der Waals surface area contributed by atoms with Crippen molar-refractivity contribution in [3.63, 3.8) is 0 Å². The Morgan fingerprint density at radius 3 is 2.52 bits per heavy atom. The Morgan fingerprint density at radius 1 is 1.12 bits per heavy atom. The molecule has 0 aliphatic carbocycles. The van der Waals surface area contributed by atoms with Gasteiger partial charge in [-0.05, 0) is 12.5 Å². The van der Waals surface area contributed by atoms with Crippen LogP contribution in [0.3, 0.4) is 0 Å². The van der Waals surface area contributed by atoms with Gasteiger partial charge in [-0.2, -0.15) is 5.10 Å². The van der Waals surface area contributed by atoms with E-state index in [2.05, 4.69) is 20.8 Å². The van der Waals surface area contributed by atoms with E-state index in [1.165, 1.54) is 23.8 Å². The zero-order chi connectivity index (χ0) is 17.6. The molecular formula is C19H18N4OS. The Kier molecular flexibility index (Phi) is 5.20. The standard InChI is InChI=1S/C19H18N4OS/c1-13-8-10-16(11-9-13)17-18(21-14(2)24)25-19(22-17)23-20-12-15-6-4-3-5-7-15/h3-12H,1-2H3,(H,21,24)(H,22,23)/b20-12-. The molecule has 1 amide bonds. The van der Waals surface area contributed by atoms with Crippen LogP contribution in [0.5, 0.6) is 0 Å². The van der Waals surface area contributed by atoms with Crippen molar-refractivity contribution in [2.75, 3.05) is 10.7 Å². The molecule has 1 aromatic heterocycles. The minimum absolute atomic E-state index is 0.128. The summed E-state index contributed by atoms with van der Waals surface area (Å²) in [7, 11) is 0. The van der Waals surface area contributed by atoms with Gasteiger partial charge in [0.25, 0.3) is 0 Å². The number of nitrogens with zero attached hydrogens (tertiary/aromatic N) is 2. The second kappa shape index (κ2) is 7.72. The number of carbonyl (C=O) groups is 1. The summed E-state index contributed by atoms with van der Waals surface area (Å²) in [6, 6.07) is 17.8. The third-order valence-electron chi connectivity index (χ3n) is 3.42. The predicted molar refractivity (Wildman–Crippen MR) is 104 cm³/mol. The molecule has 25 heavy (non-hydrogen) atoms. The molecule has 2 N–H and O–H groups in total. The number of carbonyl (C=O) groups excluding carboxylic acids is 1. The highest BCUT2D eigenvalue weighted by molar-refractivity contribution is 7.20. The lowest BCUT2D eigenvalue weighted by Gasteiger charge is -2.02. The van der Waals surface area contributed by atoms with Crippen LogP contribution in [0.25, 0.3) is 11.3 Å². The summed E-state index contributed by atoms with van der Waals surface area (Å²) in [5, 5.41) is 8.37. The van der Waals surface area contributed by atoms with Crippen molar-refractivity contribution in [1.29, 1.82) is 0 Å². The van der Waals surface area contributed by atoms with Gasteiger partial charge in [-0.25, -0.2) is 4.98 Å². The van der Waals surface area contributed by atoms with Crippen LogP contribution in [0.1, 0.15) is 18.1 Å². The van der Waals surface area contributed by atoms with Gasteiger partial charge in [0.2, 0.25) is 11.0 Å². The molecule has 0 spiro atoms. The monoisotopic (exact) mass is 350 g/mol. The lowest BCUT2D eigenvalue weighted by Crippen LogP contribution is -2.05. The van der Waals surface area contributed by atoms with Gasteiger partial charge in [0, 0.05) is 12.5 Å². The number of thiazole rings is 1. The fourth-order valence-electron chi connectivity index (χ4n) is 2.22. The Balaban J connectivity index is 1.84. The van der Waals surface area contributed by atoms with Gasteiger partial charge in [0.1, 0.15) is 10.7 Å². The molecule has 0 aliphatic heterocycles. The molecule has 2 aromatic carbocycles. The van der Waals surface area contributed by atoms with Crippen LogP contribution in [-0.4, -0.2) is 17.1 Å². The number of hydrazone groups is 1. The minimum Gasteiger partial charge on any atom is -0.316 e. The maximum atomic E-state index is 11.5. The van der Waals surface area contributed by atoms with Crippen molar-refractivity contribution >= 4 is 33.6 Å². The lowest BCUT2D eigenvalue weighted by atomic mass is 10.1. The first kappa shape index (κ1) is 16.9. The first-order valence-corrected chi connectivity index (χ1v) is 8.63. The topological polar surface area (TPSA) is 66.4 Å². The van der Waals surface area contributed by atoms with Gasteiger partial charge in [-0.1, -0.05) is 71.5 Å². The van der Waals surface area contributed by atoms with Gasteiger partial charge in [-0.3, -0.25) is 10.2 Å². The molecule has 3 rings (SSSR count). The highest BCUT2D eigenvalue weighted by atomic mass is 32.1. The van der Waals surface area contributed by atoms with E-state index in [0.717, 1.165) is 16.8 Å². The molecule has 0 radical (unpaired) electrons. The Hall–Kier alpha value is -2.99. The smallest absolute Gasteiger partial charge is 0.221 e. The lowest BCUT2D eigenvalue weighted by molar-refractivity contribution is -0.114. The molecule has 3 aromatic rings. The van der Waals surface area contributed by atoms with E-state index < -0.39 is 0 Å². The van der Waals surface area contributed by atoms with E-state index in [4.69, 9.17) is 0 Å². The number of anilines is 2. The second-order valence-corrected chi connectivity index (χ2v) is 6.52. The first-order chi connectivity index (χ1) is 12.1. The molecule has 1 heterocycles. The summed E-state index contributed by atoms with van der Waals surface area (Å²) in [6.07, 6.45) is 1.73. The maximum absolute atomic E-state index is 11.5. The van der Waals surface area contributed by atoms with Crippen LogP contribution in [0.4, 0.5) is 10.1 Å². The predicted octanol–water partition coefficient (Wildman–Crippen LogP) is 4.52. The molecule has 0 aliphatic rings. The van der Waals surface area contributed by atoms with Gasteiger partial charge in [0.05, 0.1) is 6.21 Å². The Labute approximate surface area is 150 Å². The molecule has 0 bridgehead atoms. The van der Waals surface area contributed by atoms with E-state index >= 15 is 0 Å². The number of nitrogens with one attached hydrogen (secondary N) is 2. The van der Waals surface area contributed by atoms with Gasteiger partial charge in [-0.15, -0.1) is 0 Å². The molecule has 5 nitrogen and oxygen atoms in total. The van der Waals surface area contributed by atoms with E-state index in [9.17, 15) is 4.79 Å². The molecular weight excluding hydrogens is 332 g/mol. The summed E-state index contributed by atoms with van der Waals surface area (Å²) in [5.74, 6) is -0.128. The number of hydrogen-bond acceptors (Lipinski definition) is 5. The second-order valence-electron chi connectivity index (χ2n) is 5.52. The van der Waals surface area contributed by atoms with Crippen LogP contribution in [0.2, 0.25) is 0 Å². The number of aryl methyl sites for hydroxylation is 1. The third kappa shape index (κ3) is 4.51. The molecule has 0 saturated heterocycles. The molecule has 6 heteroatoms. The van der Waals surface area contributed by atoms with Gasteiger partial charge >= 0.3 is 0 Å². The third-order valence-corrected chi connectivity index (χ3v) is 4.29. The van der Waals surface area contributed by atoms with Crippen molar-refractivity contribution in [3.8, 4) is 11.3 Å². The number of hydrogen-bond donors (Lipinski definition) is 2. The van der Waals surface area contributed by atoms with Crippen LogP contribution >= 0.6 is 11.3 Å². The molecule has 0 atom stereocenters. The summed E-state index contributed by atoms with van der Waals surface area (Å²) < 4.78 is 0. The van der Waals surface area contributed by atoms with Crippen LogP contribution in [0.15, 0.2) is 59.7 Å². The normalized spacial score (nSPS) is 10.8. The first-order valence-electron chi connectivity index (χ1n) is 7.81. The summed E-state index contributed by atoms with van der Waals surface area (Å²) in [5.41, 5.74) is 6.78. The molecule has 0 unspecified atom stereocenters. The number of rotatable bonds is 5. The van der Waals surface area contributed by atoms with Crippen LogP contribution < -0.4 is 10.7 Å². The number of aromatic nitrogens is 1. The molecule has 126 valence electrons. The number of amides is 1. The molecule has 0 fully saturated rings. The fraction of sp³-hybridized carbons (Fsp3) is 0.105. The quantitative estimate of drug-likeness (QED) is 0.525. The van der Waals surface area contributed by atoms with E-state index in [-0.39, 0.29) is 5.91 Å². The van der Waals surface area contributed by atoms with Gasteiger partial charge in [0.15, 0.2) is 0 Å². The van der Waals surface area contributed by atoms with E-state index in [0.29, 0.717) is 10.1 Å². The van der Waals surface area contributed by atoms with Gasteiger partial charge < -0.3 is 5.32 Å². The summed E-state index contributed by atoms with van der Waals surface area (Å²) >= 11 is 1.35. The van der Waals surface area contributed by atoms with Crippen LogP contribution in [0, 0.1) is 6.92 Å². The highest BCUT2D eigenvalue weighted by Gasteiger charge is 2.14. The SMILES string of the molecule is CC(=O)Nc1sc(N/N=C\c2ccccc2)nc1-c1ccc(C)cc1. The summed E-state index contributed by atoms with van der Waals surface area (Å²) in [6.45, 7) is 3.52. The zero-order valence-electron chi connectivity index (χ0n) is 14.0. The maximum Gasteiger partial charge on any atom is 0.221 e. The Morgan fingerprint density at radius 2 is 1.84 bits per heavy atom. The van der Waals surface area contributed by atoms with Crippen molar-refractivity contribution in [2.24, 2.45) is 5.10 Å². The van der Waals surface area contributed by atoms with E-state index in [1.54, 1.807) is 6.21 Å². The van der Waals surface area contributed by atoms with E-state index in [1.807, 2.05) is 61.5 Å². The largest absolute Gasteiger partial charge is 0.316 e. The highest BCUT2D eigenvalue weighted by Crippen LogP contribution is 2.36. The van der Waals surface area contributed by atoms with Crippen LogP contribution in [-0.2, 0) is 4.79 Å². The Bertz CT molecular complexity index is 886. The van der Waals surface area contributed by atoms with Crippen molar-refractivity contribution in [3.05, 3.63) is 65.7 Å².